The van der Waals surface area contributed by atoms with Crippen LogP contribution in [0.3, 0.4) is 0 Å². The van der Waals surface area contributed by atoms with Gasteiger partial charge in [0.15, 0.2) is 0 Å². The molecular weight excluding hydrogens is 376 g/mol. The predicted molar refractivity (Wildman–Crippen MR) is 116 cm³/mol. The van der Waals surface area contributed by atoms with Crippen molar-refractivity contribution < 1.29 is 14.3 Å². The summed E-state index contributed by atoms with van der Waals surface area (Å²) >= 11 is 0. The minimum absolute atomic E-state index is 0.358. The Morgan fingerprint density at radius 2 is 1.77 bits per heavy atom. The highest BCUT2D eigenvalue weighted by atomic mass is 16.5. The second-order valence-corrected chi connectivity index (χ2v) is 6.76. The summed E-state index contributed by atoms with van der Waals surface area (Å²) in [4.78, 5) is 13.8. The van der Waals surface area contributed by atoms with E-state index in [1.165, 1.54) is 7.11 Å². The molecule has 0 spiro atoms. The zero-order chi connectivity index (χ0) is 21.3. The normalized spacial score (nSPS) is 10.2. The average Bonchev–Trinajstić information content (AvgIpc) is 2.81. The van der Waals surface area contributed by atoms with Gasteiger partial charge < -0.3 is 14.4 Å². The molecule has 5 nitrogen and oxygen atoms in total. The predicted octanol–water partition coefficient (Wildman–Crippen LogP) is 4.95. The number of anilines is 1. The van der Waals surface area contributed by atoms with Crippen LogP contribution < -0.4 is 9.64 Å². The van der Waals surface area contributed by atoms with Crippen molar-refractivity contribution in [1.29, 1.82) is 5.26 Å². The van der Waals surface area contributed by atoms with Crippen LogP contribution in [-0.4, -0.2) is 19.6 Å². The van der Waals surface area contributed by atoms with Crippen molar-refractivity contribution in [2.24, 2.45) is 0 Å². The molecule has 0 saturated heterocycles. The van der Waals surface area contributed by atoms with E-state index in [9.17, 15) is 10.1 Å². The SMILES string of the molecule is CCN(Cc1cc(C#N)ccc1OCc1ccccc1)c1ccc(C(=O)OC)cc1. The molecule has 5 heteroatoms. The van der Waals surface area contributed by atoms with Crippen LogP contribution in [0.5, 0.6) is 5.75 Å². The molecule has 30 heavy (non-hydrogen) atoms. The minimum Gasteiger partial charge on any atom is -0.489 e. The van der Waals surface area contributed by atoms with E-state index in [-0.39, 0.29) is 5.97 Å². The molecule has 3 rings (SSSR count). The third-order valence-corrected chi connectivity index (χ3v) is 4.82. The first-order valence-electron chi connectivity index (χ1n) is 9.77. The van der Waals surface area contributed by atoms with Gasteiger partial charge in [0.1, 0.15) is 12.4 Å². The van der Waals surface area contributed by atoms with E-state index in [1.54, 1.807) is 18.2 Å². The number of benzene rings is 3. The Morgan fingerprint density at radius 1 is 1.03 bits per heavy atom. The Bertz CT molecular complexity index is 1020. The number of methoxy groups -OCH3 is 1. The monoisotopic (exact) mass is 400 g/mol. The van der Waals surface area contributed by atoms with Crippen LogP contribution in [0.2, 0.25) is 0 Å². The number of esters is 1. The van der Waals surface area contributed by atoms with Crippen molar-refractivity contribution in [1.82, 2.24) is 0 Å². The van der Waals surface area contributed by atoms with Crippen LogP contribution in [0.1, 0.15) is 34.0 Å². The van der Waals surface area contributed by atoms with Gasteiger partial charge in [0.2, 0.25) is 0 Å². The summed E-state index contributed by atoms with van der Waals surface area (Å²) in [5.41, 5.74) is 4.09. The van der Waals surface area contributed by atoms with Crippen molar-refractivity contribution in [3.05, 3.63) is 95.1 Å². The van der Waals surface area contributed by atoms with Crippen molar-refractivity contribution in [3.63, 3.8) is 0 Å². The van der Waals surface area contributed by atoms with Gasteiger partial charge in [-0.15, -0.1) is 0 Å². The number of hydrogen-bond acceptors (Lipinski definition) is 5. The first-order chi connectivity index (χ1) is 14.6. The summed E-state index contributed by atoms with van der Waals surface area (Å²) < 4.78 is 10.8. The molecule has 152 valence electrons. The molecule has 0 unspecified atom stereocenters. The summed E-state index contributed by atoms with van der Waals surface area (Å²) in [6.45, 7) is 3.85. The van der Waals surface area contributed by atoms with E-state index in [0.717, 1.165) is 29.1 Å². The average molecular weight is 400 g/mol. The van der Waals surface area contributed by atoms with Crippen molar-refractivity contribution in [2.45, 2.75) is 20.1 Å². The Kier molecular flexibility index (Phi) is 7.07. The summed E-state index contributed by atoms with van der Waals surface area (Å²) in [6, 6.07) is 25.0. The minimum atomic E-state index is -0.358. The Labute approximate surface area is 177 Å². The summed E-state index contributed by atoms with van der Waals surface area (Å²) in [5, 5.41) is 9.33. The summed E-state index contributed by atoms with van der Waals surface area (Å²) in [5.74, 6) is 0.394. The Hall–Kier alpha value is -3.78. The van der Waals surface area contributed by atoms with E-state index >= 15 is 0 Å². The van der Waals surface area contributed by atoms with Gasteiger partial charge in [-0.25, -0.2) is 4.79 Å². The number of rotatable bonds is 8. The lowest BCUT2D eigenvalue weighted by Gasteiger charge is -2.25. The third-order valence-electron chi connectivity index (χ3n) is 4.82. The molecule has 0 heterocycles. The molecule has 0 fully saturated rings. The fourth-order valence-corrected chi connectivity index (χ4v) is 3.17. The van der Waals surface area contributed by atoms with Gasteiger partial charge in [0.25, 0.3) is 0 Å². The van der Waals surface area contributed by atoms with E-state index in [0.29, 0.717) is 24.3 Å². The number of carbonyl (C=O) groups is 1. The number of nitriles is 1. The van der Waals surface area contributed by atoms with Gasteiger partial charge in [0, 0.05) is 24.3 Å². The molecule has 0 aliphatic carbocycles. The smallest absolute Gasteiger partial charge is 0.337 e. The first kappa shape index (κ1) is 20.9. The van der Waals surface area contributed by atoms with Crippen LogP contribution in [0.15, 0.2) is 72.8 Å². The van der Waals surface area contributed by atoms with Gasteiger partial charge in [-0.1, -0.05) is 30.3 Å². The summed E-state index contributed by atoms with van der Waals surface area (Å²) in [6.07, 6.45) is 0. The standard InChI is InChI=1S/C25H24N2O3/c1-3-27(23-12-10-21(11-13-23)25(28)29-2)17-22-15-20(16-26)9-14-24(22)30-18-19-7-5-4-6-8-19/h4-15H,3,17-18H2,1-2H3. The molecule has 3 aromatic carbocycles. The van der Waals surface area contributed by atoms with Gasteiger partial charge in [-0.05, 0) is 55.0 Å². The van der Waals surface area contributed by atoms with E-state index < -0.39 is 0 Å². The van der Waals surface area contributed by atoms with Gasteiger partial charge in [-0.2, -0.15) is 5.26 Å². The van der Waals surface area contributed by atoms with E-state index in [1.807, 2.05) is 54.6 Å². The molecule has 0 aliphatic heterocycles. The molecule has 0 bridgehead atoms. The quantitative estimate of drug-likeness (QED) is 0.501. The highest BCUT2D eigenvalue weighted by molar-refractivity contribution is 5.89. The highest BCUT2D eigenvalue weighted by Crippen LogP contribution is 2.26. The maximum absolute atomic E-state index is 11.7. The number of carbonyl (C=O) groups excluding carboxylic acids is 1. The number of hydrogen-bond donors (Lipinski definition) is 0. The largest absolute Gasteiger partial charge is 0.489 e. The Balaban J connectivity index is 1.82. The third kappa shape index (κ3) is 5.18. The molecule has 0 radical (unpaired) electrons. The van der Waals surface area contributed by atoms with Gasteiger partial charge >= 0.3 is 5.97 Å². The number of ether oxygens (including phenoxy) is 2. The zero-order valence-corrected chi connectivity index (χ0v) is 17.2. The van der Waals surface area contributed by atoms with Gasteiger partial charge in [-0.3, -0.25) is 0 Å². The molecule has 0 aromatic heterocycles. The highest BCUT2D eigenvalue weighted by Gasteiger charge is 2.13. The molecule has 0 N–H and O–H groups in total. The number of nitrogens with zero attached hydrogens (tertiary/aromatic N) is 2. The van der Waals surface area contributed by atoms with Crippen molar-refractivity contribution in [2.75, 3.05) is 18.6 Å². The molecule has 0 saturated carbocycles. The molecule has 3 aromatic rings. The fraction of sp³-hybridized carbons (Fsp3) is 0.200. The van der Waals surface area contributed by atoms with E-state index in [2.05, 4.69) is 17.9 Å². The van der Waals surface area contributed by atoms with Crippen molar-refractivity contribution >= 4 is 11.7 Å². The van der Waals surface area contributed by atoms with Crippen LogP contribution in [0.4, 0.5) is 5.69 Å². The molecule has 0 aliphatic rings. The molecular formula is C25H24N2O3. The lowest BCUT2D eigenvalue weighted by molar-refractivity contribution is 0.0600. The fourth-order valence-electron chi connectivity index (χ4n) is 3.17. The maximum atomic E-state index is 11.7. The second kappa shape index (κ2) is 10.1. The van der Waals surface area contributed by atoms with Crippen LogP contribution in [-0.2, 0) is 17.9 Å². The summed E-state index contributed by atoms with van der Waals surface area (Å²) in [7, 11) is 1.37. The first-order valence-corrected chi connectivity index (χ1v) is 9.77. The van der Waals surface area contributed by atoms with Crippen LogP contribution >= 0.6 is 0 Å². The van der Waals surface area contributed by atoms with Crippen LogP contribution in [0, 0.1) is 11.3 Å². The van der Waals surface area contributed by atoms with E-state index in [4.69, 9.17) is 9.47 Å². The zero-order valence-electron chi connectivity index (χ0n) is 17.2. The second-order valence-electron chi connectivity index (χ2n) is 6.76. The van der Waals surface area contributed by atoms with Gasteiger partial charge in [0.05, 0.1) is 24.3 Å². The lowest BCUT2D eigenvalue weighted by Crippen LogP contribution is -2.22. The van der Waals surface area contributed by atoms with Crippen LogP contribution in [0.25, 0.3) is 0 Å². The lowest BCUT2D eigenvalue weighted by atomic mass is 10.1. The molecule has 0 atom stereocenters. The van der Waals surface area contributed by atoms with Crippen molar-refractivity contribution in [3.8, 4) is 11.8 Å². The molecule has 0 amide bonds. The Morgan fingerprint density at radius 3 is 2.40 bits per heavy atom. The maximum Gasteiger partial charge on any atom is 0.337 e. The topological polar surface area (TPSA) is 62.6 Å².